The highest BCUT2D eigenvalue weighted by Crippen LogP contribution is 2.41. The molecule has 0 aliphatic heterocycles. The van der Waals surface area contributed by atoms with Crippen molar-refractivity contribution in [3.05, 3.63) is 76.0 Å². The molecule has 0 saturated carbocycles. The molecular weight excluding hydrogens is 446 g/mol. The Morgan fingerprint density at radius 2 is 1.94 bits per heavy atom. The van der Waals surface area contributed by atoms with E-state index in [9.17, 15) is 10.1 Å². The average Bonchev–Trinajstić information content (AvgIpc) is 3.34. The van der Waals surface area contributed by atoms with Crippen molar-refractivity contribution in [3.8, 4) is 17.4 Å². The number of aryl methyl sites for hydroxylation is 1. The van der Waals surface area contributed by atoms with Crippen LogP contribution in [0.15, 0.2) is 46.9 Å². The molecule has 6 heteroatoms. The first-order valence-corrected chi connectivity index (χ1v) is 11.9. The van der Waals surface area contributed by atoms with E-state index in [0.717, 1.165) is 59.0 Å². The molecule has 0 fully saturated rings. The Morgan fingerprint density at radius 3 is 2.62 bits per heavy atom. The molecule has 5 nitrogen and oxygen atoms in total. The number of carbonyl (C=O) groups is 1. The minimum atomic E-state index is -0.241. The van der Waals surface area contributed by atoms with Gasteiger partial charge in [-0.1, -0.05) is 70.0 Å². The maximum Gasteiger partial charge on any atom is 0.169 e. The first-order chi connectivity index (χ1) is 16.3. The number of nitrogens with zero attached hydrogens (tertiary/aromatic N) is 3. The van der Waals surface area contributed by atoms with Crippen LogP contribution in [0.5, 0.6) is 0 Å². The number of fused-ring (bicyclic) bond motifs is 1. The van der Waals surface area contributed by atoms with E-state index in [1.807, 2.05) is 34.9 Å². The quantitative estimate of drug-likeness (QED) is 0.263. The monoisotopic (exact) mass is 473 g/mol. The van der Waals surface area contributed by atoms with Gasteiger partial charge in [-0.25, -0.2) is 4.98 Å². The topological polar surface area (TPSA) is 71.8 Å². The summed E-state index contributed by atoms with van der Waals surface area (Å²) in [4.78, 5) is 16.2. The van der Waals surface area contributed by atoms with Crippen LogP contribution in [0.25, 0.3) is 22.1 Å². The van der Waals surface area contributed by atoms with E-state index in [1.54, 1.807) is 6.07 Å². The highest BCUT2D eigenvalue weighted by molar-refractivity contribution is 6.31. The lowest BCUT2D eigenvalue weighted by molar-refractivity contribution is 0.111. The van der Waals surface area contributed by atoms with Gasteiger partial charge in [0.25, 0.3) is 0 Å². The highest BCUT2D eigenvalue weighted by atomic mass is 35.5. The van der Waals surface area contributed by atoms with Crippen LogP contribution in [0.3, 0.4) is 0 Å². The van der Waals surface area contributed by atoms with Gasteiger partial charge in [0.1, 0.15) is 23.0 Å². The third-order valence-electron chi connectivity index (χ3n) is 6.00. The van der Waals surface area contributed by atoms with Crippen molar-refractivity contribution in [2.45, 2.75) is 58.9 Å². The Hall–Kier alpha value is -3.36. The lowest BCUT2D eigenvalue weighted by atomic mass is 9.90. The molecule has 0 radical (unpaired) electrons. The molecule has 0 saturated heterocycles. The summed E-state index contributed by atoms with van der Waals surface area (Å²) in [6.07, 6.45) is 3.55. The molecule has 0 aliphatic carbocycles. The highest BCUT2D eigenvalue weighted by Gasteiger charge is 2.26. The lowest BCUT2D eigenvalue weighted by Crippen LogP contribution is -2.11. The predicted octanol–water partition coefficient (Wildman–Crippen LogP) is 7.32. The Kier molecular flexibility index (Phi) is 6.63. The predicted molar refractivity (Wildman–Crippen MR) is 135 cm³/mol. The summed E-state index contributed by atoms with van der Waals surface area (Å²) in [7, 11) is 0. The van der Waals surface area contributed by atoms with Crippen LogP contribution in [-0.2, 0) is 18.4 Å². The van der Waals surface area contributed by atoms with Gasteiger partial charge in [0.05, 0.1) is 11.6 Å². The Bertz CT molecular complexity index is 1400. The second-order valence-electron chi connectivity index (χ2n) is 9.56. The van der Waals surface area contributed by atoms with Gasteiger partial charge < -0.3 is 8.98 Å². The molecule has 4 aromatic rings. The third-order valence-corrected chi connectivity index (χ3v) is 6.28. The number of benzene rings is 2. The summed E-state index contributed by atoms with van der Waals surface area (Å²) in [6.45, 7) is 8.95. The fourth-order valence-corrected chi connectivity index (χ4v) is 4.55. The number of aromatic nitrogens is 2. The minimum absolute atomic E-state index is 0.241. The Labute approximate surface area is 205 Å². The van der Waals surface area contributed by atoms with E-state index >= 15 is 0 Å². The fraction of sp³-hybridized carbons (Fsp3) is 0.321. The van der Waals surface area contributed by atoms with Gasteiger partial charge in [0.2, 0.25) is 0 Å². The second-order valence-corrected chi connectivity index (χ2v) is 9.92. The van der Waals surface area contributed by atoms with Gasteiger partial charge in [0, 0.05) is 34.7 Å². The number of imidazole rings is 1. The summed E-state index contributed by atoms with van der Waals surface area (Å²) in [5.41, 5.74) is 2.54. The molecule has 2 aromatic carbocycles. The number of hydrogen-bond acceptors (Lipinski definition) is 4. The van der Waals surface area contributed by atoms with Crippen LogP contribution in [0.4, 0.5) is 0 Å². The van der Waals surface area contributed by atoms with Crippen LogP contribution in [0.1, 0.15) is 73.7 Å². The molecule has 2 aromatic heterocycles. The van der Waals surface area contributed by atoms with E-state index in [0.29, 0.717) is 23.6 Å². The van der Waals surface area contributed by atoms with Crippen molar-refractivity contribution in [1.82, 2.24) is 9.55 Å². The van der Waals surface area contributed by atoms with Crippen LogP contribution in [0, 0.1) is 11.3 Å². The van der Waals surface area contributed by atoms with Crippen LogP contribution in [-0.4, -0.2) is 15.8 Å². The number of rotatable bonds is 7. The molecule has 0 bridgehead atoms. The maximum absolute atomic E-state index is 11.8. The maximum atomic E-state index is 11.8. The molecule has 174 valence electrons. The summed E-state index contributed by atoms with van der Waals surface area (Å²) < 4.78 is 8.35. The van der Waals surface area contributed by atoms with Gasteiger partial charge >= 0.3 is 0 Å². The molecule has 0 N–H and O–H groups in total. The van der Waals surface area contributed by atoms with Crippen LogP contribution < -0.4 is 0 Å². The summed E-state index contributed by atoms with van der Waals surface area (Å²) >= 11 is 6.27. The standard InChI is InChI=1S/C28H28ClN3O2/c1-5-6-11-24-31-27(29)23(17-33)32(24)16-18-12-13-21-22(14-18)26(28(2,3)4)34-25(21)20-10-8-7-9-19(20)15-30/h7-10,12-14,17H,5-6,11,16H2,1-4H3. The summed E-state index contributed by atoms with van der Waals surface area (Å²) in [6, 6.07) is 16.0. The molecule has 0 unspecified atom stereocenters. The largest absolute Gasteiger partial charge is 0.459 e. The third kappa shape index (κ3) is 4.38. The van der Waals surface area contributed by atoms with Crippen LogP contribution >= 0.6 is 11.6 Å². The van der Waals surface area contributed by atoms with Crippen molar-refractivity contribution in [2.24, 2.45) is 0 Å². The van der Waals surface area contributed by atoms with Crippen LogP contribution in [0.2, 0.25) is 5.15 Å². The number of aldehydes is 1. The first kappa shape index (κ1) is 23.8. The van der Waals surface area contributed by atoms with Gasteiger partial charge in [-0.15, -0.1) is 0 Å². The first-order valence-electron chi connectivity index (χ1n) is 11.5. The normalized spacial score (nSPS) is 11.6. The van der Waals surface area contributed by atoms with Gasteiger partial charge in [0.15, 0.2) is 11.4 Å². The molecular formula is C28H28ClN3O2. The Balaban J connectivity index is 1.86. The average molecular weight is 474 g/mol. The molecule has 2 heterocycles. The molecule has 0 amide bonds. The zero-order valence-electron chi connectivity index (χ0n) is 20.0. The van der Waals surface area contributed by atoms with Gasteiger partial charge in [-0.3, -0.25) is 4.79 Å². The van der Waals surface area contributed by atoms with Gasteiger partial charge in [-0.05, 0) is 30.2 Å². The van der Waals surface area contributed by atoms with Crippen molar-refractivity contribution < 1.29 is 9.21 Å². The molecule has 4 rings (SSSR count). The van der Waals surface area contributed by atoms with Gasteiger partial charge in [-0.2, -0.15) is 5.26 Å². The van der Waals surface area contributed by atoms with Crippen molar-refractivity contribution in [2.75, 3.05) is 0 Å². The molecule has 0 atom stereocenters. The number of halogens is 1. The number of nitriles is 1. The van der Waals surface area contributed by atoms with E-state index < -0.39 is 0 Å². The molecule has 0 aliphatic rings. The lowest BCUT2D eigenvalue weighted by Gasteiger charge is -2.16. The van der Waals surface area contributed by atoms with Crippen molar-refractivity contribution >= 4 is 28.7 Å². The minimum Gasteiger partial charge on any atom is -0.459 e. The van der Waals surface area contributed by atoms with Crippen molar-refractivity contribution in [3.63, 3.8) is 0 Å². The number of furan rings is 1. The number of unbranched alkanes of at least 4 members (excludes halogenated alkanes) is 1. The fourth-order valence-electron chi connectivity index (χ4n) is 4.30. The van der Waals surface area contributed by atoms with E-state index in [2.05, 4.69) is 44.8 Å². The second kappa shape index (κ2) is 9.48. The summed E-state index contributed by atoms with van der Waals surface area (Å²) in [5.74, 6) is 2.38. The smallest absolute Gasteiger partial charge is 0.169 e. The molecule has 34 heavy (non-hydrogen) atoms. The zero-order valence-corrected chi connectivity index (χ0v) is 20.7. The van der Waals surface area contributed by atoms with E-state index in [4.69, 9.17) is 16.0 Å². The van der Waals surface area contributed by atoms with E-state index in [1.165, 1.54) is 0 Å². The zero-order chi connectivity index (χ0) is 24.5. The Morgan fingerprint density at radius 1 is 1.18 bits per heavy atom. The number of hydrogen-bond donors (Lipinski definition) is 0. The summed E-state index contributed by atoms with van der Waals surface area (Å²) in [5, 5.41) is 11.8. The number of carbonyl (C=O) groups excluding carboxylic acids is 1. The SMILES string of the molecule is CCCCc1nc(Cl)c(C=O)n1Cc1ccc2c(-c3ccccc3C#N)oc(C(C)(C)C)c2c1. The van der Waals surface area contributed by atoms with E-state index in [-0.39, 0.29) is 10.6 Å². The molecule has 0 spiro atoms. The van der Waals surface area contributed by atoms with Crippen molar-refractivity contribution in [1.29, 1.82) is 5.26 Å².